The maximum absolute atomic E-state index is 12.5. The summed E-state index contributed by atoms with van der Waals surface area (Å²) in [6.45, 7) is 2.30. The minimum Gasteiger partial charge on any atom is -0.497 e. The number of carbonyl (C=O) groups excluding carboxylic acids is 1. The van der Waals surface area contributed by atoms with Crippen molar-refractivity contribution in [3.63, 3.8) is 0 Å². The molecule has 0 aromatic heterocycles. The zero-order valence-electron chi connectivity index (χ0n) is 16.5. The van der Waals surface area contributed by atoms with E-state index in [4.69, 9.17) is 14.2 Å². The van der Waals surface area contributed by atoms with Gasteiger partial charge in [-0.25, -0.2) is 8.42 Å². The molecule has 8 nitrogen and oxygen atoms in total. The average Bonchev–Trinajstić information content (AvgIpc) is 2.70. The summed E-state index contributed by atoms with van der Waals surface area (Å²) in [4.78, 5) is 12.5. The van der Waals surface area contributed by atoms with E-state index in [9.17, 15) is 13.2 Å². The molecule has 1 unspecified atom stereocenters. The highest BCUT2D eigenvalue weighted by Gasteiger charge is 2.34. The van der Waals surface area contributed by atoms with Gasteiger partial charge in [-0.2, -0.15) is 0 Å². The quantitative estimate of drug-likeness (QED) is 0.686. The van der Waals surface area contributed by atoms with Crippen molar-refractivity contribution in [3.8, 4) is 17.2 Å². The van der Waals surface area contributed by atoms with Crippen molar-refractivity contribution in [2.45, 2.75) is 13.0 Å². The van der Waals surface area contributed by atoms with E-state index in [-0.39, 0.29) is 19.7 Å². The Morgan fingerprint density at radius 3 is 2.55 bits per heavy atom. The van der Waals surface area contributed by atoms with Crippen LogP contribution in [0.1, 0.15) is 5.56 Å². The Labute approximate surface area is 170 Å². The summed E-state index contributed by atoms with van der Waals surface area (Å²) < 4.78 is 42.0. The molecule has 1 atom stereocenters. The smallest absolute Gasteiger partial charge is 0.263 e. The number of hydrogen-bond acceptors (Lipinski definition) is 6. The predicted molar refractivity (Wildman–Crippen MR) is 109 cm³/mol. The molecule has 1 N–H and O–H groups in total. The van der Waals surface area contributed by atoms with Crippen LogP contribution in [0.5, 0.6) is 17.2 Å². The normalized spacial score (nSPS) is 15.8. The Balaban J connectivity index is 1.58. The van der Waals surface area contributed by atoms with Crippen molar-refractivity contribution >= 4 is 21.6 Å². The molecule has 1 aliphatic rings. The molecule has 9 heteroatoms. The van der Waals surface area contributed by atoms with Crippen LogP contribution in [0.2, 0.25) is 0 Å². The molecule has 0 spiro atoms. The van der Waals surface area contributed by atoms with Gasteiger partial charge in [0.2, 0.25) is 10.0 Å². The van der Waals surface area contributed by atoms with Gasteiger partial charge in [-0.15, -0.1) is 0 Å². The fraction of sp³-hybridized carbons (Fsp3) is 0.350. The summed E-state index contributed by atoms with van der Waals surface area (Å²) in [6, 6.07) is 12.3. The Morgan fingerprint density at radius 1 is 1.21 bits per heavy atom. The average molecular weight is 420 g/mol. The predicted octanol–water partition coefficient (Wildman–Crippen LogP) is 1.73. The number of ether oxygens (including phenoxy) is 3. The molecule has 0 saturated carbocycles. The number of benzene rings is 2. The van der Waals surface area contributed by atoms with E-state index in [1.165, 1.54) is 4.31 Å². The number of methoxy groups -OCH3 is 1. The second kappa shape index (κ2) is 8.60. The molecule has 1 amide bonds. The molecular formula is C20H24N2O6S. The molecule has 1 heterocycles. The Kier molecular flexibility index (Phi) is 6.17. The highest BCUT2D eigenvalue weighted by Crippen LogP contribution is 2.35. The van der Waals surface area contributed by atoms with Crippen molar-refractivity contribution in [1.29, 1.82) is 0 Å². The molecule has 2 aromatic rings. The number of nitrogens with zero attached hydrogens (tertiary/aromatic N) is 1. The SMILES string of the molecule is COc1ccc(OCCNC(=O)C2CN(S(C)(=O)=O)c3cc(C)ccc3O2)cc1. The fourth-order valence-corrected chi connectivity index (χ4v) is 3.85. The first kappa shape index (κ1) is 20.8. The maximum Gasteiger partial charge on any atom is 0.263 e. The van der Waals surface area contributed by atoms with Gasteiger partial charge >= 0.3 is 0 Å². The molecule has 156 valence electrons. The molecule has 29 heavy (non-hydrogen) atoms. The molecular weight excluding hydrogens is 396 g/mol. The van der Waals surface area contributed by atoms with Crippen LogP contribution < -0.4 is 23.8 Å². The molecule has 2 aromatic carbocycles. The van der Waals surface area contributed by atoms with E-state index < -0.39 is 22.0 Å². The number of nitrogens with one attached hydrogen (secondary N) is 1. The van der Waals surface area contributed by atoms with Gasteiger partial charge in [-0.1, -0.05) is 6.07 Å². The number of fused-ring (bicyclic) bond motifs is 1. The van der Waals surface area contributed by atoms with E-state index in [1.54, 1.807) is 43.5 Å². The first-order chi connectivity index (χ1) is 13.8. The summed E-state index contributed by atoms with van der Waals surface area (Å²) in [5.74, 6) is 1.35. The van der Waals surface area contributed by atoms with Crippen LogP contribution >= 0.6 is 0 Å². The zero-order chi connectivity index (χ0) is 21.0. The number of sulfonamides is 1. The Hall–Kier alpha value is -2.94. The monoisotopic (exact) mass is 420 g/mol. The second-order valence-electron chi connectivity index (χ2n) is 6.69. The molecule has 0 bridgehead atoms. The van der Waals surface area contributed by atoms with Crippen LogP contribution in [-0.2, 0) is 14.8 Å². The lowest BCUT2D eigenvalue weighted by molar-refractivity contribution is -0.127. The molecule has 0 saturated heterocycles. The van der Waals surface area contributed by atoms with Crippen molar-refractivity contribution in [3.05, 3.63) is 48.0 Å². The lowest BCUT2D eigenvalue weighted by Gasteiger charge is -2.34. The Morgan fingerprint density at radius 2 is 1.90 bits per heavy atom. The fourth-order valence-electron chi connectivity index (χ4n) is 2.94. The van der Waals surface area contributed by atoms with Gasteiger partial charge in [0, 0.05) is 0 Å². The van der Waals surface area contributed by atoms with Gasteiger partial charge in [0.1, 0.15) is 23.9 Å². The highest BCUT2D eigenvalue weighted by atomic mass is 32.2. The third-order valence-electron chi connectivity index (χ3n) is 4.41. The van der Waals surface area contributed by atoms with Crippen LogP contribution in [0.3, 0.4) is 0 Å². The number of anilines is 1. The molecule has 3 rings (SSSR count). The minimum absolute atomic E-state index is 0.0829. The maximum atomic E-state index is 12.5. The zero-order valence-corrected chi connectivity index (χ0v) is 17.4. The third-order valence-corrected chi connectivity index (χ3v) is 5.55. The van der Waals surface area contributed by atoms with Crippen LogP contribution in [0.4, 0.5) is 5.69 Å². The van der Waals surface area contributed by atoms with Crippen molar-refractivity contribution < 1.29 is 27.4 Å². The van der Waals surface area contributed by atoms with E-state index in [2.05, 4.69) is 5.32 Å². The number of hydrogen-bond donors (Lipinski definition) is 1. The topological polar surface area (TPSA) is 94.2 Å². The summed E-state index contributed by atoms with van der Waals surface area (Å²) in [5.41, 5.74) is 1.35. The van der Waals surface area contributed by atoms with Crippen LogP contribution in [0, 0.1) is 6.92 Å². The standard InChI is InChI=1S/C20H24N2O6S/c1-14-4-9-18-17(12-14)22(29(3,24)25)13-19(28-18)20(23)21-10-11-27-16-7-5-15(26-2)6-8-16/h4-9,12,19H,10-11,13H2,1-3H3,(H,21,23). The highest BCUT2D eigenvalue weighted by molar-refractivity contribution is 7.92. The van der Waals surface area contributed by atoms with Crippen molar-refractivity contribution in [1.82, 2.24) is 5.32 Å². The van der Waals surface area contributed by atoms with E-state index in [0.717, 1.165) is 17.6 Å². The largest absolute Gasteiger partial charge is 0.497 e. The summed E-state index contributed by atoms with van der Waals surface area (Å²) in [6.07, 6.45) is 0.170. The van der Waals surface area contributed by atoms with Gasteiger partial charge in [-0.05, 0) is 48.9 Å². The minimum atomic E-state index is -3.55. The molecule has 1 aliphatic heterocycles. The van der Waals surface area contributed by atoms with Gasteiger partial charge in [0.15, 0.2) is 6.10 Å². The third kappa shape index (κ3) is 5.11. The summed E-state index contributed by atoms with van der Waals surface area (Å²) in [5, 5.41) is 2.72. The lowest BCUT2D eigenvalue weighted by Crippen LogP contribution is -2.51. The van der Waals surface area contributed by atoms with Gasteiger partial charge in [0.05, 0.1) is 32.1 Å². The van der Waals surface area contributed by atoms with Crippen LogP contribution in [-0.4, -0.2) is 53.5 Å². The Bertz CT molecular complexity index is 975. The van der Waals surface area contributed by atoms with Gasteiger partial charge in [0.25, 0.3) is 5.91 Å². The van der Waals surface area contributed by atoms with Gasteiger partial charge < -0.3 is 19.5 Å². The summed E-state index contributed by atoms with van der Waals surface area (Å²) >= 11 is 0. The number of aryl methyl sites for hydroxylation is 1. The van der Waals surface area contributed by atoms with E-state index >= 15 is 0 Å². The molecule has 0 radical (unpaired) electrons. The second-order valence-corrected chi connectivity index (χ2v) is 8.59. The summed E-state index contributed by atoms with van der Waals surface area (Å²) in [7, 11) is -1.96. The van der Waals surface area contributed by atoms with Crippen molar-refractivity contribution in [2.75, 3.05) is 37.4 Å². The molecule has 0 fully saturated rings. The number of rotatable bonds is 7. The number of amides is 1. The van der Waals surface area contributed by atoms with Crippen LogP contribution in [0.15, 0.2) is 42.5 Å². The lowest BCUT2D eigenvalue weighted by atomic mass is 10.1. The van der Waals surface area contributed by atoms with E-state index in [1.807, 2.05) is 13.0 Å². The van der Waals surface area contributed by atoms with Crippen molar-refractivity contribution in [2.24, 2.45) is 0 Å². The van der Waals surface area contributed by atoms with Gasteiger partial charge in [-0.3, -0.25) is 9.10 Å². The first-order valence-corrected chi connectivity index (χ1v) is 10.9. The van der Waals surface area contributed by atoms with Crippen LogP contribution in [0.25, 0.3) is 0 Å². The van der Waals surface area contributed by atoms with E-state index in [0.29, 0.717) is 17.2 Å². The number of carbonyl (C=O) groups is 1. The molecule has 0 aliphatic carbocycles. The first-order valence-electron chi connectivity index (χ1n) is 9.07.